The maximum atomic E-state index is 13.8. The Hall–Kier alpha value is -1.25. The van der Waals surface area contributed by atoms with Gasteiger partial charge in [-0.05, 0) is 48.7 Å². The lowest BCUT2D eigenvalue weighted by atomic mass is 9.96. The minimum atomic E-state index is -3.49. The molecule has 0 saturated carbocycles. The number of hydrogen-bond acceptors (Lipinski definition) is 9. The number of piperidine rings is 1. The molecule has 0 spiro atoms. The van der Waals surface area contributed by atoms with Crippen LogP contribution in [0.5, 0.6) is 0 Å². The summed E-state index contributed by atoms with van der Waals surface area (Å²) in [5, 5.41) is 2.49. The van der Waals surface area contributed by atoms with Crippen molar-refractivity contribution in [2.75, 3.05) is 63.6 Å². The molecule has 5 rings (SSSR count). The van der Waals surface area contributed by atoms with Crippen molar-refractivity contribution in [3.05, 3.63) is 35.7 Å². The molecule has 202 valence electrons. The molecule has 0 atom stereocenters. The zero-order chi connectivity index (χ0) is 25.1. The number of fused-ring (bicyclic) bond motifs is 1. The summed E-state index contributed by atoms with van der Waals surface area (Å²) in [6.07, 6.45) is 3.07. The van der Waals surface area contributed by atoms with E-state index in [2.05, 4.69) is 17.0 Å². The molecule has 2 aliphatic heterocycles. The number of benzene rings is 1. The normalized spacial score (nSPS) is 18.1. The maximum absolute atomic E-state index is 13.8. The number of rotatable bonds is 8. The van der Waals surface area contributed by atoms with E-state index in [0.717, 1.165) is 35.0 Å². The number of nitrogens with zero attached hydrogens (tertiary/aromatic N) is 4. The van der Waals surface area contributed by atoms with Gasteiger partial charge in [-0.1, -0.05) is 17.4 Å². The zero-order valence-corrected chi connectivity index (χ0v) is 24.7. The number of halogens is 1. The van der Waals surface area contributed by atoms with Crippen LogP contribution in [0.2, 0.25) is 0 Å². The van der Waals surface area contributed by atoms with Gasteiger partial charge in [-0.2, -0.15) is 4.31 Å². The summed E-state index contributed by atoms with van der Waals surface area (Å²) in [5.41, 5.74) is 0.897. The fraction of sp³-hybridized carbons (Fsp3) is 0.500. The Balaban J connectivity index is 0.00000320. The average molecular weight is 603 g/mol. The number of carbonyl (C=O) groups excluding carboxylic acids is 1. The van der Waals surface area contributed by atoms with Crippen LogP contribution in [0.1, 0.15) is 12.8 Å². The second kappa shape index (κ2) is 12.7. The molecule has 0 bridgehead atoms. The number of sulfonamides is 1. The molecule has 0 unspecified atom stereocenters. The van der Waals surface area contributed by atoms with Crippen LogP contribution in [-0.2, 0) is 19.6 Å². The van der Waals surface area contributed by atoms with Crippen LogP contribution in [0.25, 0.3) is 10.2 Å². The van der Waals surface area contributed by atoms with Crippen molar-refractivity contribution >= 4 is 78.1 Å². The average Bonchev–Trinajstić information content (AvgIpc) is 3.60. The Morgan fingerprint density at radius 3 is 2.62 bits per heavy atom. The molecule has 0 aliphatic carbocycles. The fourth-order valence-electron chi connectivity index (χ4n) is 4.60. The van der Waals surface area contributed by atoms with Crippen LogP contribution < -0.4 is 4.90 Å². The minimum absolute atomic E-state index is 0. The first-order valence-electron chi connectivity index (χ1n) is 12.1. The first-order chi connectivity index (χ1) is 17.5. The first kappa shape index (κ1) is 28.8. The highest BCUT2D eigenvalue weighted by Gasteiger charge is 2.35. The summed E-state index contributed by atoms with van der Waals surface area (Å²) in [6.45, 7) is 5.16. The van der Waals surface area contributed by atoms with E-state index in [1.807, 2.05) is 17.2 Å². The van der Waals surface area contributed by atoms with Gasteiger partial charge in [-0.3, -0.25) is 14.6 Å². The van der Waals surface area contributed by atoms with Gasteiger partial charge < -0.3 is 4.74 Å². The Morgan fingerprint density at radius 1 is 1.19 bits per heavy atom. The van der Waals surface area contributed by atoms with E-state index in [9.17, 15) is 13.2 Å². The summed E-state index contributed by atoms with van der Waals surface area (Å²) in [4.78, 5) is 24.0. The second-order valence-corrected chi connectivity index (χ2v) is 13.9. The number of ether oxygens (including phenoxy) is 1. The maximum Gasteiger partial charge on any atom is 0.252 e. The Morgan fingerprint density at radius 2 is 1.95 bits per heavy atom. The Bertz CT molecular complexity index is 1290. The van der Waals surface area contributed by atoms with Crippen LogP contribution in [0.4, 0.5) is 5.13 Å². The summed E-state index contributed by atoms with van der Waals surface area (Å²) >= 11 is 4.47. The van der Waals surface area contributed by atoms with Gasteiger partial charge in [0.2, 0.25) is 5.91 Å². The molecule has 1 amide bonds. The third-order valence-corrected chi connectivity index (χ3v) is 11.8. The molecule has 13 heteroatoms. The van der Waals surface area contributed by atoms with Gasteiger partial charge in [-0.25, -0.2) is 13.4 Å². The molecular weight excluding hydrogens is 572 g/mol. The molecule has 3 aromatic rings. The highest BCUT2D eigenvalue weighted by molar-refractivity contribution is 7.98. The van der Waals surface area contributed by atoms with E-state index in [0.29, 0.717) is 49.9 Å². The van der Waals surface area contributed by atoms with Gasteiger partial charge in [0.25, 0.3) is 10.0 Å². The van der Waals surface area contributed by atoms with Crippen LogP contribution in [0.15, 0.2) is 44.8 Å². The number of thiophene rings is 1. The zero-order valence-electron chi connectivity index (χ0n) is 20.6. The molecule has 2 fully saturated rings. The van der Waals surface area contributed by atoms with Crippen molar-refractivity contribution in [3.63, 3.8) is 0 Å². The number of thiazole rings is 1. The molecule has 1 aromatic carbocycles. The molecule has 2 saturated heterocycles. The third-order valence-electron chi connectivity index (χ3n) is 6.72. The van der Waals surface area contributed by atoms with Crippen LogP contribution in [0, 0.1) is 5.92 Å². The molecule has 0 radical (unpaired) electrons. The Labute approximate surface area is 236 Å². The Kier molecular flexibility index (Phi) is 9.90. The molecular formula is C24H31ClN4O4S4. The van der Waals surface area contributed by atoms with Crippen molar-refractivity contribution in [2.24, 2.45) is 5.92 Å². The van der Waals surface area contributed by atoms with Crippen LogP contribution >= 0.6 is 46.8 Å². The van der Waals surface area contributed by atoms with Gasteiger partial charge >= 0.3 is 0 Å². The number of morpholine rings is 1. The lowest BCUT2D eigenvalue weighted by Crippen LogP contribution is -2.47. The smallest absolute Gasteiger partial charge is 0.252 e. The molecule has 37 heavy (non-hydrogen) atoms. The number of carbonyl (C=O) groups is 1. The number of aromatic nitrogens is 1. The van der Waals surface area contributed by atoms with Gasteiger partial charge in [0.15, 0.2) is 5.13 Å². The first-order valence-corrected chi connectivity index (χ1v) is 16.4. The van der Waals surface area contributed by atoms with E-state index in [1.165, 1.54) is 20.5 Å². The van der Waals surface area contributed by atoms with Crippen molar-refractivity contribution in [3.8, 4) is 0 Å². The van der Waals surface area contributed by atoms with E-state index >= 15 is 0 Å². The van der Waals surface area contributed by atoms with E-state index in [-0.39, 0.29) is 24.2 Å². The summed E-state index contributed by atoms with van der Waals surface area (Å²) in [6, 6.07) is 9.58. The van der Waals surface area contributed by atoms with Crippen molar-refractivity contribution in [2.45, 2.75) is 21.9 Å². The van der Waals surface area contributed by atoms with Crippen LogP contribution in [-0.4, -0.2) is 87.3 Å². The van der Waals surface area contributed by atoms with E-state index < -0.39 is 10.0 Å². The topological polar surface area (TPSA) is 83.1 Å². The highest BCUT2D eigenvalue weighted by Crippen LogP contribution is 2.34. The molecule has 4 heterocycles. The monoisotopic (exact) mass is 602 g/mol. The van der Waals surface area contributed by atoms with Gasteiger partial charge in [0, 0.05) is 50.1 Å². The lowest BCUT2D eigenvalue weighted by Gasteiger charge is -2.34. The van der Waals surface area contributed by atoms with Crippen LogP contribution in [0.3, 0.4) is 0 Å². The number of thioether (sulfide) groups is 1. The summed E-state index contributed by atoms with van der Waals surface area (Å²) < 4.78 is 34.3. The summed E-state index contributed by atoms with van der Waals surface area (Å²) in [7, 11) is -3.49. The predicted octanol–water partition coefficient (Wildman–Crippen LogP) is 4.27. The van der Waals surface area contributed by atoms with Gasteiger partial charge in [0.05, 0.1) is 23.4 Å². The van der Waals surface area contributed by atoms with Crippen molar-refractivity contribution in [1.29, 1.82) is 0 Å². The highest BCUT2D eigenvalue weighted by atomic mass is 35.5. The number of hydrogen-bond donors (Lipinski definition) is 0. The SMILES string of the molecule is CSc1ccc2nc(N(CCN3CCOCC3)C(=O)C3CCN(S(=O)(=O)c4cccs4)CC3)sc2c1.Cl. The van der Waals surface area contributed by atoms with Gasteiger partial charge in [0.1, 0.15) is 4.21 Å². The third kappa shape index (κ3) is 6.50. The predicted molar refractivity (Wildman–Crippen MR) is 154 cm³/mol. The largest absolute Gasteiger partial charge is 0.379 e. The minimum Gasteiger partial charge on any atom is -0.379 e. The van der Waals surface area contributed by atoms with E-state index in [4.69, 9.17) is 9.72 Å². The lowest BCUT2D eigenvalue weighted by molar-refractivity contribution is -0.123. The standard InChI is InChI=1S/C24H30N4O4S4.ClH/c1-33-19-4-5-20-21(17-19)35-24(25-20)28(11-10-26-12-14-32-15-13-26)23(29)18-6-8-27(9-7-18)36(30,31)22-3-2-16-34-22;/h2-5,16-18H,6-15H2,1H3;1H. The van der Waals surface area contributed by atoms with E-state index in [1.54, 1.807) is 40.6 Å². The number of anilines is 1. The quantitative estimate of drug-likeness (QED) is 0.356. The molecule has 8 nitrogen and oxygen atoms in total. The molecule has 2 aliphatic rings. The molecule has 2 aromatic heterocycles. The second-order valence-electron chi connectivity index (χ2n) is 8.88. The van der Waals surface area contributed by atoms with Crippen molar-refractivity contribution in [1.82, 2.24) is 14.2 Å². The summed E-state index contributed by atoms with van der Waals surface area (Å²) in [5.74, 6) is -0.182. The number of amides is 1. The fourth-order valence-corrected chi connectivity index (χ4v) is 8.77. The van der Waals surface area contributed by atoms with Crippen molar-refractivity contribution < 1.29 is 17.9 Å². The van der Waals surface area contributed by atoms with Gasteiger partial charge in [-0.15, -0.1) is 35.5 Å². The molecule has 0 N–H and O–H groups in total.